The Kier molecular flexibility index (Phi) is 5.99. The summed E-state index contributed by atoms with van der Waals surface area (Å²) in [6.07, 6.45) is 5.91. The van der Waals surface area contributed by atoms with E-state index in [0.29, 0.717) is 17.1 Å². The van der Waals surface area contributed by atoms with Gasteiger partial charge in [0.2, 0.25) is 5.95 Å². The smallest absolute Gasteiger partial charge is 0.326 e. The summed E-state index contributed by atoms with van der Waals surface area (Å²) in [7, 11) is 0. The number of aliphatic carboxylic acids is 1. The van der Waals surface area contributed by atoms with Crippen LogP contribution in [-0.2, 0) is 11.2 Å². The molecule has 0 radical (unpaired) electrons. The number of carboxylic acids is 1. The Labute approximate surface area is 219 Å². The largest absolute Gasteiger partial charge is 0.480 e. The second-order valence-electron chi connectivity index (χ2n) is 9.84. The number of carboxylic acid groups (broad SMARTS) is 1. The quantitative estimate of drug-likeness (QED) is 0.233. The van der Waals surface area contributed by atoms with Gasteiger partial charge in [0.25, 0.3) is 5.91 Å². The number of carbonyl (C=O) groups is 2. The monoisotopic (exact) mass is 505 g/mol. The number of H-pyrrole nitrogens is 1. The molecule has 1 aliphatic rings. The van der Waals surface area contributed by atoms with Gasteiger partial charge in [-0.2, -0.15) is 0 Å². The van der Waals surface area contributed by atoms with Gasteiger partial charge in [-0.1, -0.05) is 30.3 Å². The van der Waals surface area contributed by atoms with Gasteiger partial charge < -0.3 is 20.7 Å². The lowest BCUT2D eigenvalue weighted by atomic mass is 9.97. The molecule has 2 heterocycles. The summed E-state index contributed by atoms with van der Waals surface area (Å²) in [5.41, 5.74) is 6.22. The third-order valence-electron chi connectivity index (χ3n) is 7.00. The fourth-order valence-electron chi connectivity index (χ4n) is 4.72. The predicted molar refractivity (Wildman–Crippen MR) is 147 cm³/mol. The Hall–Kier alpha value is -4.72. The number of aromatic nitrogens is 3. The first-order valence-corrected chi connectivity index (χ1v) is 12.7. The van der Waals surface area contributed by atoms with Crippen LogP contribution in [0.4, 0.5) is 5.95 Å². The van der Waals surface area contributed by atoms with Crippen molar-refractivity contribution in [3.8, 4) is 11.1 Å². The minimum Gasteiger partial charge on any atom is -0.480 e. The number of nitrogens with zero attached hydrogens (tertiary/aromatic N) is 2. The van der Waals surface area contributed by atoms with Crippen molar-refractivity contribution < 1.29 is 14.7 Å². The van der Waals surface area contributed by atoms with E-state index in [4.69, 9.17) is 0 Å². The molecule has 3 aromatic carbocycles. The summed E-state index contributed by atoms with van der Waals surface area (Å²) in [6, 6.07) is 18.8. The molecule has 0 aliphatic heterocycles. The molecule has 0 unspecified atom stereocenters. The van der Waals surface area contributed by atoms with Crippen molar-refractivity contribution >= 4 is 39.6 Å². The lowest BCUT2D eigenvalue weighted by Gasteiger charge is -2.15. The number of fused-ring (bicyclic) bond motifs is 2. The van der Waals surface area contributed by atoms with Crippen molar-refractivity contribution in [2.75, 3.05) is 5.32 Å². The molecule has 190 valence electrons. The van der Waals surface area contributed by atoms with Crippen LogP contribution in [0.2, 0.25) is 0 Å². The summed E-state index contributed by atoms with van der Waals surface area (Å²) in [5, 5.41) is 17.7. The third-order valence-corrected chi connectivity index (χ3v) is 7.00. The highest BCUT2D eigenvalue weighted by atomic mass is 16.4. The van der Waals surface area contributed by atoms with Gasteiger partial charge in [-0.05, 0) is 72.4 Å². The predicted octanol–water partition coefficient (Wildman–Crippen LogP) is 5.09. The van der Waals surface area contributed by atoms with Crippen LogP contribution >= 0.6 is 0 Å². The van der Waals surface area contributed by atoms with E-state index in [1.807, 2.05) is 73.8 Å². The minimum absolute atomic E-state index is 0.0470. The van der Waals surface area contributed by atoms with Crippen molar-refractivity contribution in [1.29, 1.82) is 0 Å². The first-order chi connectivity index (χ1) is 18.4. The van der Waals surface area contributed by atoms with Crippen LogP contribution in [0.1, 0.15) is 34.3 Å². The minimum atomic E-state index is -0.976. The zero-order valence-electron chi connectivity index (χ0n) is 20.9. The molecule has 1 atom stereocenters. The van der Waals surface area contributed by atoms with Gasteiger partial charge in [-0.3, -0.25) is 4.79 Å². The highest BCUT2D eigenvalue weighted by Gasteiger charge is 2.24. The van der Waals surface area contributed by atoms with Gasteiger partial charge in [-0.15, -0.1) is 0 Å². The van der Waals surface area contributed by atoms with E-state index in [1.165, 1.54) is 0 Å². The summed E-state index contributed by atoms with van der Waals surface area (Å²) < 4.78 is 0. The zero-order valence-corrected chi connectivity index (χ0v) is 20.9. The molecule has 8 nitrogen and oxygen atoms in total. The van der Waals surface area contributed by atoms with Crippen LogP contribution < -0.4 is 10.6 Å². The van der Waals surface area contributed by atoms with Crippen LogP contribution in [0.5, 0.6) is 0 Å². The van der Waals surface area contributed by atoms with Crippen LogP contribution in [0, 0.1) is 6.92 Å². The lowest BCUT2D eigenvalue weighted by molar-refractivity contribution is -0.137. The molecule has 1 aliphatic carbocycles. The maximum absolute atomic E-state index is 12.6. The van der Waals surface area contributed by atoms with Gasteiger partial charge in [0.1, 0.15) is 6.04 Å². The summed E-state index contributed by atoms with van der Waals surface area (Å²) in [5.74, 6) is -0.767. The number of para-hydroxylation sites is 1. The van der Waals surface area contributed by atoms with E-state index in [2.05, 4.69) is 25.6 Å². The molecule has 1 saturated carbocycles. The molecular formula is C30H27N5O3. The molecule has 5 aromatic rings. The van der Waals surface area contributed by atoms with E-state index >= 15 is 0 Å². The zero-order chi connectivity index (χ0) is 26.2. The standard InChI is InChI=1S/C30H27N5O3/c1-17-6-7-19(28(36)33-22-9-10-22)13-24(17)18-8-11-25-21(12-18)16-32-30(34-25)35-27(29(37)38)14-20-15-31-26-5-3-2-4-23(20)26/h2-8,11-13,15-16,22,27,31H,9-10,14H2,1H3,(H,33,36)(H,37,38)(H,32,34,35)/t27-/m0/s1. The number of nitrogens with one attached hydrogen (secondary N) is 3. The fourth-order valence-corrected chi connectivity index (χ4v) is 4.72. The number of carbonyl (C=O) groups excluding carboxylic acids is 1. The molecule has 38 heavy (non-hydrogen) atoms. The molecule has 0 spiro atoms. The topological polar surface area (TPSA) is 120 Å². The Morgan fingerprint density at radius 3 is 2.76 bits per heavy atom. The molecule has 1 fully saturated rings. The van der Waals surface area contributed by atoms with Crippen molar-refractivity contribution in [1.82, 2.24) is 20.3 Å². The van der Waals surface area contributed by atoms with E-state index in [9.17, 15) is 14.7 Å². The Morgan fingerprint density at radius 1 is 1.11 bits per heavy atom. The number of hydrogen-bond donors (Lipinski definition) is 4. The molecule has 1 amide bonds. The third kappa shape index (κ3) is 4.80. The van der Waals surface area contributed by atoms with Crippen LogP contribution in [-0.4, -0.2) is 44.0 Å². The SMILES string of the molecule is Cc1ccc(C(=O)NC2CC2)cc1-c1ccc2nc(N[C@@H](Cc3c[nH]c4ccccc34)C(=O)O)ncc2c1. The summed E-state index contributed by atoms with van der Waals surface area (Å²) in [4.78, 5) is 36.8. The second kappa shape index (κ2) is 9.63. The average molecular weight is 506 g/mol. The molecule has 0 bridgehead atoms. The number of hydrogen-bond acceptors (Lipinski definition) is 5. The van der Waals surface area contributed by atoms with Gasteiger partial charge >= 0.3 is 5.97 Å². The molecule has 0 saturated heterocycles. The Bertz CT molecular complexity index is 1690. The number of anilines is 1. The molecule has 8 heteroatoms. The van der Waals surface area contributed by atoms with Crippen molar-refractivity contribution in [2.24, 2.45) is 0 Å². The Morgan fingerprint density at radius 2 is 1.95 bits per heavy atom. The Balaban J connectivity index is 1.24. The number of rotatable bonds is 8. The van der Waals surface area contributed by atoms with Gasteiger partial charge in [0.05, 0.1) is 5.52 Å². The van der Waals surface area contributed by atoms with Gasteiger partial charge in [0.15, 0.2) is 0 Å². The summed E-state index contributed by atoms with van der Waals surface area (Å²) >= 11 is 0. The number of aromatic amines is 1. The second-order valence-corrected chi connectivity index (χ2v) is 9.84. The molecular weight excluding hydrogens is 478 g/mol. The summed E-state index contributed by atoms with van der Waals surface area (Å²) in [6.45, 7) is 2.02. The van der Waals surface area contributed by atoms with Crippen molar-refractivity contribution in [3.63, 3.8) is 0 Å². The first kappa shape index (κ1) is 23.7. The van der Waals surface area contributed by atoms with Crippen LogP contribution in [0.25, 0.3) is 32.9 Å². The van der Waals surface area contributed by atoms with E-state index in [0.717, 1.165) is 51.4 Å². The molecule has 4 N–H and O–H groups in total. The van der Waals surface area contributed by atoms with E-state index in [-0.39, 0.29) is 18.3 Å². The first-order valence-electron chi connectivity index (χ1n) is 12.7. The van der Waals surface area contributed by atoms with Crippen LogP contribution in [0.3, 0.4) is 0 Å². The van der Waals surface area contributed by atoms with Crippen molar-refractivity contribution in [2.45, 2.75) is 38.3 Å². The van der Waals surface area contributed by atoms with Crippen molar-refractivity contribution in [3.05, 3.63) is 89.7 Å². The molecule has 6 rings (SSSR count). The van der Waals surface area contributed by atoms with Crippen LogP contribution in [0.15, 0.2) is 73.1 Å². The maximum atomic E-state index is 12.6. The maximum Gasteiger partial charge on any atom is 0.326 e. The normalized spacial score (nSPS) is 13.9. The molecule has 2 aromatic heterocycles. The average Bonchev–Trinajstić information content (AvgIpc) is 3.65. The fraction of sp³-hybridized carbons (Fsp3) is 0.200. The van der Waals surface area contributed by atoms with Gasteiger partial charge in [-0.25, -0.2) is 14.8 Å². The number of amides is 1. The van der Waals surface area contributed by atoms with E-state index in [1.54, 1.807) is 6.20 Å². The number of benzene rings is 3. The number of aryl methyl sites for hydroxylation is 1. The highest BCUT2D eigenvalue weighted by Crippen LogP contribution is 2.29. The van der Waals surface area contributed by atoms with Gasteiger partial charge in [0, 0.05) is 46.7 Å². The lowest BCUT2D eigenvalue weighted by Crippen LogP contribution is -2.32. The van der Waals surface area contributed by atoms with E-state index < -0.39 is 12.0 Å². The highest BCUT2D eigenvalue weighted by molar-refractivity contribution is 5.96.